The lowest BCUT2D eigenvalue weighted by molar-refractivity contribution is -0.138. The third-order valence-electron chi connectivity index (χ3n) is 4.50. The Labute approximate surface area is 119 Å². The number of hydrogen-bond acceptors (Lipinski definition) is 1. The summed E-state index contributed by atoms with van der Waals surface area (Å²) in [7, 11) is 0. The third-order valence-corrected chi connectivity index (χ3v) is 4.75. The van der Waals surface area contributed by atoms with Crippen LogP contribution in [0.4, 0.5) is 0 Å². The maximum absolute atomic E-state index is 12.2. The van der Waals surface area contributed by atoms with E-state index in [1.165, 1.54) is 24.8 Å². The van der Waals surface area contributed by atoms with E-state index in [9.17, 15) is 4.79 Å². The summed E-state index contributed by atoms with van der Waals surface area (Å²) in [6.45, 7) is 0.951. The summed E-state index contributed by atoms with van der Waals surface area (Å²) in [5, 5.41) is 0.761. The molecule has 1 atom stereocenters. The lowest BCUT2D eigenvalue weighted by Crippen LogP contribution is -2.42. The molecule has 0 N–H and O–H groups in total. The number of likely N-dealkylation sites (tertiary alicyclic amines) is 1. The Balaban J connectivity index is 1.79. The Kier molecular flexibility index (Phi) is 3.79. The number of rotatable bonds is 3. The molecular weight excluding hydrogens is 258 g/mol. The van der Waals surface area contributed by atoms with Gasteiger partial charge in [0.15, 0.2) is 0 Å². The summed E-state index contributed by atoms with van der Waals surface area (Å²) < 4.78 is 0. The summed E-state index contributed by atoms with van der Waals surface area (Å²) in [6.07, 6.45) is 6.72. The van der Waals surface area contributed by atoms with Crippen LogP contribution in [0.25, 0.3) is 0 Å². The molecule has 19 heavy (non-hydrogen) atoms. The molecule has 1 aromatic carbocycles. The summed E-state index contributed by atoms with van der Waals surface area (Å²) in [4.78, 5) is 14.3. The Bertz CT molecular complexity index is 452. The van der Waals surface area contributed by atoms with Crippen LogP contribution < -0.4 is 0 Å². The van der Waals surface area contributed by atoms with Gasteiger partial charge in [-0.3, -0.25) is 4.79 Å². The van der Waals surface area contributed by atoms with Gasteiger partial charge in [0.05, 0.1) is 6.04 Å². The average Bonchev–Trinajstić information content (AvgIpc) is 2.36. The highest BCUT2D eigenvalue weighted by Gasteiger charge is 2.32. The minimum Gasteiger partial charge on any atom is -0.335 e. The number of carbonyl (C=O) groups excluding carboxylic acids is 1. The van der Waals surface area contributed by atoms with Crippen molar-refractivity contribution in [2.75, 3.05) is 6.54 Å². The van der Waals surface area contributed by atoms with Crippen molar-refractivity contribution in [3.8, 4) is 0 Å². The second-order valence-corrected chi connectivity index (χ2v) is 6.24. The molecule has 0 unspecified atom stereocenters. The minimum absolute atomic E-state index is 0.263. The standard InChI is InChI=1S/C16H20ClNO/c17-14-9-7-13(8-10-14)15-5-2-6-16(19)18(15)11-12-3-1-4-12/h7-10,12,15H,1-6,11H2/t15-/m0/s1. The molecule has 1 saturated heterocycles. The van der Waals surface area contributed by atoms with Crippen LogP contribution in [0.2, 0.25) is 5.02 Å². The fraction of sp³-hybridized carbons (Fsp3) is 0.562. The van der Waals surface area contributed by atoms with Crippen LogP contribution >= 0.6 is 11.6 Å². The minimum atomic E-state index is 0.263. The Morgan fingerprint density at radius 2 is 1.84 bits per heavy atom. The van der Waals surface area contributed by atoms with Gasteiger partial charge in [-0.15, -0.1) is 0 Å². The van der Waals surface area contributed by atoms with Crippen LogP contribution in [0, 0.1) is 5.92 Å². The fourth-order valence-corrected chi connectivity index (χ4v) is 3.26. The molecule has 2 nitrogen and oxygen atoms in total. The van der Waals surface area contributed by atoms with Gasteiger partial charge in [0.2, 0.25) is 5.91 Å². The van der Waals surface area contributed by atoms with E-state index in [4.69, 9.17) is 11.6 Å². The molecule has 0 radical (unpaired) electrons. The zero-order valence-electron chi connectivity index (χ0n) is 11.1. The topological polar surface area (TPSA) is 20.3 Å². The molecule has 2 fully saturated rings. The van der Waals surface area contributed by atoms with Crippen LogP contribution in [-0.4, -0.2) is 17.4 Å². The van der Waals surface area contributed by atoms with E-state index in [1.54, 1.807) is 0 Å². The second-order valence-electron chi connectivity index (χ2n) is 5.80. The number of nitrogens with zero attached hydrogens (tertiary/aromatic N) is 1. The predicted molar refractivity (Wildman–Crippen MR) is 77.1 cm³/mol. The average molecular weight is 278 g/mol. The number of hydrogen-bond donors (Lipinski definition) is 0. The third kappa shape index (κ3) is 2.79. The van der Waals surface area contributed by atoms with Crippen molar-refractivity contribution in [2.24, 2.45) is 5.92 Å². The van der Waals surface area contributed by atoms with Gasteiger partial charge in [-0.1, -0.05) is 30.2 Å². The largest absolute Gasteiger partial charge is 0.335 e. The van der Waals surface area contributed by atoms with Crippen LogP contribution in [0.3, 0.4) is 0 Å². The van der Waals surface area contributed by atoms with Gasteiger partial charge in [-0.25, -0.2) is 0 Å². The summed E-state index contributed by atoms with van der Waals surface area (Å²) in [5.41, 5.74) is 1.23. The van der Waals surface area contributed by atoms with E-state index in [2.05, 4.69) is 17.0 Å². The quantitative estimate of drug-likeness (QED) is 0.811. The van der Waals surface area contributed by atoms with Crippen LogP contribution in [-0.2, 0) is 4.79 Å². The maximum Gasteiger partial charge on any atom is 0.223 e. The van der Waals surface area contributed by atoms with E-state index >= 15 is 0 Å². The number of piperidine rings is 1. The van der Waals surface area contributed by atoms with Gasteiger partial charge < -0.3 is 4.90 Å². The number of benzene rings is 1. The summed E-state index contributed by atoms with van der Waals surface area (Å²) in [5.74, 6) is 1.06. The SMILES string of the molecule is O=C1CCC[C@@H](c2ccc(Cl)cc2)N1CC1CCC1. The Morgan fingerprint density at radius 3 is 2.47 bits per heavy atom. The first-order valence-electron chi connectivity index (χ1n) is 7.29. The molecule has 1 amide bonds. The van der Waals surface area contributed by atoms with E-state index in [0.717, 1.165) is 36.7 Å². The van der Waals surface area contributed by atoms with Crippen molar-refractivity contribution < 1.29 is 4.79 Å². The van der Waals surface area contributed by atoms with Crippen LogP contribution in [0.1, 0.15) is 50.1 Å². The molecular formula is C16H20ClNO. The smallest absolute Gasteiger partial charge is 0.223 e. The first kappa shape index (κ1) is 13.0. The molecule has 1 aliphatic heterocycles. The molecule has 102 valence electrons. The molecule has 0 spiro atoms. The monoisotopic (exact) mass is 277 g/mol. The molecule has 0 aromatic heterocycles. The van der Waals surface area contributed by atoms with Crippen LogP contribution in [0.5, 0.6) is 0 Å². The Hall–Kier alpha value is -1.02. The summed E-state index contributed by atoms with van der Waals surface area (Å²) >= 11 is 5.95. The Morgan fingerprint density at radius 1 is 1.11 bits per heavy atom. The van der Waals surface area contributed by atoms with Gasteiger partial charge in [-0.2, -0.15) is 0 Å². The zero-order chi connectivity index (χ0) is 13.2. The molecule has 1 heterocycles. The molecule has 3 heteroatoms. The van der Waals surface area contributed by atoms with Crippen molar-refractivity contribution in [2.45, 2.75) is 44.6 Å². The second kappa shape index (κ2) is 5.54. The molecule has 1 aromatic rings. The first-order valence-corrected chi connectivity index (χ1v) is 7.67. The highest BCUT2D eigenvalue weighted by molar-refractivity contribution is 6.30. The highest BCUT2D eigenvalue weighted by atomic mass is 35.5. The van der Waals surface area contributed by atoms with Gasteiger partial charge in [-0.05, 0) is 49.3 Å². The van der Waals surface area contributed by atoms with E-state index < -0.39 is 0 Å². The van der Waals surface area contributed by atoms with E-state index in [1.807, 2.05) is 12.1 Å². The number of amides is 1. The van der Waals surface area contributed by atoms with Crippen molar-refractivity contribution in [3.05, 3.63) is 34.9 Å². The van der Waals surface area contributed by atoms with Crippen molar-refractivity contribution in [1.82, 2.24) is 4.90 Å². The lowest BCUT2D eigenvalue weighted by atomic mass is 9.83. The van der Waals surface area contributed by atoms with Crippen LogP contribution in [0.15, 0.2) is 24.3 Å². The first-order chi connectivity index (χ1) is 9.24. The van der Waals surface area contributed by atoms with E-state index in [-0.39, 0.29) is 6.04 Å². The fourth-order valence-electron chi connectivity index (χ4n) is 3.13. The molecule has 0 bridgehead atoms. The van der Waals surface area contributed by atoms with E-state index in [0.29, 0.717) is 5.91 Å². The number of carbonyl (C=O) groups is 1. The van der Waals surface area contributed by atoms with Crippen molar-refractivity contribution >= 4 is 17.5 Å². The normalized spacial score (nSPS) is 24.4. The van der Waals surface area contributed by atoms with Gasteiger partial charge in [0.1, 0.15) is 0 Å². The molecule has 2 aliphatic rings. The predicted octanol–water partition coefficient (Wildman–Crippen LogP) is 4.19. The molecule has 1 saturated carbocycles. The van der Waals surface area contributed by atoms with Gasteiger partial charge in [0.25, 0.3) is 0 Å². The molecule has 3 rings (SSSR count). The number of halogens is 1. The maximum atomic E-state index is 12.2. The molecule has 1 aliphatic carbocycles. The van der Waals surface area contributed by atoms with Gasteiger partial charge in [0, 0.05) is 18.0 Å². The van der Waals surface area contributed by atoms with Crippen molar-refractivity contribution in [1.29, 1.82) is 0 Å². The highest BCUT2D eigenvalue weighted by Crippen LogP contribution is 2.36. The zero-order valence-corrected chi connectivity index (χ0v) is 11.9. The summed E-state index contributed by atoms with van der Waals surface area (Å²) in [6, 6.07) is 8.26. The van der Waals surface area contributed by atoms with Crippen molar-refractivity contribution in [3.63, 3.8) is 0 Å². The van der Waals surface area contributed by atoms with Gasteiger partial charge >= 0.3 is 0 Å². The lowest BCUT2D eigenvalue weighted by Gasteiger charge is -2.40.